The summed E-state index contributed by atoms with van der Waals surface area (Å²) in [5, 5.41) is 0. The van der Waals surface area contributed by atoms with E-state index < -0.39 is 0 Å². The van der Waals surface area contributed by atoms with Crippen LogP contribution in [-0.4, -0.2) is 0 Å². The first-order valence-electron chi connectivity index (χ1n) is 44.8. The second-order valence-electron chi connectivity index (χ2n) is 35.7. The highest BCUT2D eigenvalue weighted by atomic mass is 14.4. The minimum atomic E-state index is 0.835. The molecular formula is C95H170. The van der Waals surface area contributed by atoms with Crippen LogP contribution >= 0.6 is 0 Å². The van der Waals surface area contributed by atoms with Crippen molar-refractivity contribution in [2.24, 2.45) is 118 Å². The van der Waals surface area contributed by atoms with Gasteiger partial charge in [-0.3, -0.25) is 0 Å². The Morgan fingerprint density at radius 2 is 0.421 bits per heavy atom. The van der Waals surface area contributed by atoms with Gasteiger partial charge in [0.05, 0.1) is 0 Å². The van der Waals surface area contributed by atoms with Crippen LogP contribution in [0.15, 0.2) is 61.8 Å². The highest BCUT2D eigenvalue weighted by molar-refractivity contribution is 4.95. The van der Waals surface area contributed by atoms with Gasteiger partial charge >= 0.3 is 0 Å². The molecule has 0 atom stereocenters. The van der Waals surface area contributed by atoms with Gasteiger partial charge in [0.1, 0.15) is 0 Å². The Kier molecular flexibility index (Phi) is 44.3. The van der Waals surface area contributed by atoms with Crippen LogP contribution in [0.5, 0.6) is 0 Å². The molecule has 0 aromatic heterocycles. The summed E-state index contributed by atoms with van der Waals surface area (Å²) in [5.41, 5.74) is 0. The van der Waals surface area contributed by atoms with Gasteiger partial charge in [-0.25, -0.2) is 0 Å². The Balaban J connectivity index is 0.000000188. The minimum Gasteiger partial charge on any atom is -0.103 e. The number of hydrogen-bond donors (Lipinski definition) is 0. The van der Waals surface area contributed by atoms with E-state index in [9.17, 15) is 0 Å². The summed E-state index contributed by atoms with van der Waals surface area (Å²) in [5.74, 6) is 20.5. The van der Waals surface area contributed by atoms with Gasteiger partial charge in [0.25, 0.3) is 0 Å². The molecule has 10 fully saturated rings. The lowest BCUT2D eigenvalue weighted by molar-refractivity contribution is 0.151. The number of rotatable bonds is 27. The highest BCUT2D eigenvalue weighted by Gasteiger charge is 2.35. The van der Waals surface area contributed by atoms with Crippen LogP contribution in [0.4, 0.5) is 0 Å². The predicted octanol–water partition coefficient (Wildman–Crippen LogP) is 31.8. The van der Waals surface area contributed by atoms with Gasteiger partial charge in [-0.2, -0.15) is 0 Å². The fourth-order valence-electron chi connectivity index (χ4n) is 22.6. The zero-order chi connectivity index (χ0) is 67.5. The Labute approximate surface area is 598 Å². The van der Waals surface area contributed by atoms with Crippen molar-refractivity contribution in [3.8, 4) is 0 Å². The maximum Gasteiger partial charge on any atom is -0.0233 e. The van der Waals surface area contributed by atoms with Gasteiger partial charge in [-0.1, -0.05) is 257 Å². The molecule has 0 bridgehead atoms. The number of unbranched alkanes of at least 4 members (excludes halogenated alkanes) is 6. The van der Waals surface area contributed by atoms with Crippen molar-refractivity contribution in [2.75, 3.05) is 0 Å². The van der Waals surface area contributed by atoms with Crippen LogP contribution in [-0.2, 0) is 0 Å². The second kappa shape index (κ2) is 50.9. The molecule has 10 saturated carbocycles. The molecule has 0 nitrogen and oxygen atoms in total. The predicted molar refractivity (Wildman–Crippen MR) is 426 cm³/mol. The molecule has 0 aromatic carbocycles. The molecule has 10 rings (SSSR count). The zero-order valence-electron chi connectivity index (χ0n) is 65.9. The average Bonchev–Trinajstić information content (AvgIpc) is 3.18. The normalized spacial score (nSPS) is 36.5. The Hall–Kier alpha value is -1.30. The Morgan fingerprint density at radius 1 is 0.221 bits per heavy atom. The fraction of sp³-hybridized carbons (Fsp3) is 0.895. The average molecular weight is 1310 g/mol. The molecule has 0 aliphatic heterocycles. The van der Waals surface area contributed by atoms with Crippen molar-refractivity contribution >= 4 is 0 Å². The molecule has 0 N–H and O–H groups in total. The summed E-state index contributed by atoms with van der Waals surface area (Å²) < 4.78 is 0. The van der Waals surface area contributed by atoms with E-state index in [2.05, 4.69) is 117 Å². The van der Waals surface area contributed by atoms with E-state index >= 15 is 0 Å². The molecule has 0 unspecified atom stereocenters. The molecule has 0 heterocycles. The van der Waals surface area contributed by atoms with Crippen molar-refractivity contribution in [3.63, 3.8) is 0 Å². The van der Waals surface area contributed by atoms with Crippen molar-refractivity contribution in [1.82, 2.24) is 0 Å². The summed E-state index contributed by atoms with van der Waals surface area (Å²) in [4.78, 5) is 0. The van der Waals surface area contributed by atoms with Crippen LogP contribution in [0.1, 0.15) is 421 Å². The lowest BCUT2D eigenvalue weighted by atomic mass is 9.68. The Bertz CT molecular complexity index is 1870. The first-order valence-corrected chi connectivity index (χ1v) is 44.8. The Morgan fingerprint density at radius 3 is 0.611 bits per heavy atom. The van der Waals surface area contributed by atoms with Crippen molar-refractivity contribution in [1.29, 1.82) is 0 Å². The van der Waals surface area contributed by atoms with Gasteiger partial charge in [-0.05, 0) is 331 Å². The molecule has 0 aromatic rings. The van der Waals surface area contributed by atoms with Crippen LogP contribution in [0.3, 0.4) is 0 Å². The highest BCUT2D eigenvalue weighted by Crippen LogP contribution is 2.48. The molecule has 0 heteroatoms. The largest absolute Gasteiger partial charge is 0.103 e. The van der Waals surface area contributed by atoms with Gasteiger partial charge in [0, 0.05) is 0 Å². The lowest BCUT2D eigenvalue weighted by Crippen LogP contribution is -2.25. The zero-order valence-corrected chi connectivity index (χ0v) is 65.9. The van der Waals surface area contributed by atoms with Crippen molar-refractivity contribution < 1.29 is 0 Å². The monoisotopic (exact) mass is 1310 g/mol. The molecule has 550 valence electrons. The standard InChI is InChI=1S/C21H38.C20H36.C19H34.C18H32.C17H30/c1-3-5-7-9-19-12-16-21(17-13-19)20-14-10-18(11-15-20)8-6-4-2;1-3-5-6-8-18-11-15-20(16-12-18)19-13-9-17(7-4-2)10-14-19;1-3-5-6-7-17-10-14-19(15-11-17)18-12-8-16(4-2)9-13-18;1-3-5-15-7-11-17(12-8-15)18-13-9-16(6-4-2)10-14-18;1-3-5-15-8-12-17(13-9-15)16-10-6-14(4-2)7-11-16/h6,8,18-21H,3-5,7,9-17H2,1-2H3;4,7,17-20H,3,5-6,8-16H2,1-2H3;4,16-19H,2-3,5-15H2,1H3;3,5,15-18H,4,6-14H2,1-2H3;4,14-17H,2-3,5-13H2,1H3/b8-6+;7-4+;;5-3+;. The minimum absolute atomic E-state index is 0.835. The topological polar surface area (TPSA) is 0 Å². The molecule has 0 radical (unpaired) electrons. The van der Waals surface area contributed by atoms with E-state index in [1.807, 2.05) is 0 Å². The van der Waals surface area contributed by atoms with Gasteiger partial charge < -0.3 is 0 Å². The van der Waals surface area contributed by atoms with E-state index in [1.54, 1.807) is 77.0 Å². The number of allylic oxidation sites excluding steroid dienone is 8. The third-order valence-corrected chi connectivity index (χ3v) is 29.2. The van der Waals surface area contributed by atoms with E-state index in [0.717, 1.165) is 118 Å². The summed E-state index contributed by atoms with van der Waals surface area (Å²) >= 11 is 0. The molecule has 0 amide bonds. The van der Waals surface area contributed by atoms with Crippen LogP contribution < -0.4 is 0 Å². The molecule has 95 heavy (non-hydrogen) atoms. The molecular weight excluding hydrogens is 1140 g/mol. The van der Waals surface area contributed by atoms with E-state index in [4.69, 9.17) is 0 Å². The van der Waals surface area contributed by atoms with Gasteiger partial charge in [-0.15, -0.1) is 13.2 Å². The van der Waals surface area contributed by atoms with E-state index in [0.29, 0.717) is 0 Å². The van der Waals surface area contributed by atoms with Gasteiger partial charge in [0.2, 0.25) is 0 Å². The third kappa shape index (κ3) is 32.3. The van der Waals surface area contributed by atoms with E-state index in [1.165, 1.54) is 289 Å². The van der Waals surface area contributed by atoms with Crippen LogP contribution in [0.25, 0.3) is 0 Å². The molecule has 10 aliphatic rings. The fourth-order valence-corrected chi connectivity index (χ4v) is 22.6. The summed E-state index contributed by atoms with van der Waals surface area (Å²) in [6.07, 6.45) is 103. The van der Waals surface area contributed by atoms with Crippen molar-refractivity contribution in [3.05, 3.63) is 61.8 Å². The first-order chi connectivity index (χ1) is 46.7. The second-order valence-corrected chi connectivity index (χ2v) is 35.7. The maximum absolute atomic E-state index is 3.97. The van der Waals surface area contributed by atoms with Gasteiger partial charge in [0.15, 0.2) is 0 Å². The lowest BCUT2D eigenvalue weighted by Gasteiger charge is -2.37. The van der Waals surface area contributed by atoms with Crippen molar-refractivity contribution in [2.45, 2.75) is 421 Å². The SMILES string of the molecule is C/C=C/C1CCC(C2CCC(CCC)CC2)CC1.C/C=C/C1CCC(C2CCC(CCCCC)CC2)CC1.C=CC1CCC(C2CCC(CCC)CC2)CC1.C=CC1CCC(C2CCC(CCCCC)CC2)CC1.CC/C=C/C1CCC(C2CCC(CCCCC)CC2)CC1. The maximum atomic E-state index is 3.97. The van der Waals surface area contributed by atoms with Crippen LogP contribution in [0.2, 0.25) is 0 Å². The quantitative estimate of drug-likeness (QED) is 0.0568. The summed E-state index contributed by atoms with van der Waals surface area (Å²) in [6.45, 7) is 26.1. The smallest absolute Gasteiger partial charge is 0.0233 e. The molecule has 0 spiro atoms. The third-order valence-electron chi connectivity index (χ3n) is 29.2. The van der Waals surface area contributed by atoms with E-state index in [-0.39, 0.29) is 0 Å². The van der Waals surface area contributed by atoms with Crippen LogP contribution in [0, 0.1) is 118 Å². The summed E-state index contributed by atoms with van der Waals surface area (Å²) in [6, 6.07) is 0. The summed E-state index contributed by atoms with van der Waals surface area (Å²) in [7, 11) is 0. The first kappa shape index (κ1) is 82.7. The molecule has 10 aliphatic carbocycles. The number of hydrogen-bond acceptors (Lipinski definition) is 0. The molecule has 0 saturated heterocycles.